The molecule has 6 heteroatoms. The second-order valence-electron chi connectivity index (χ2n) is 1.63. The summed E-state index contributed by atoms with van der Waals surface area (Å²) in [5.41, 5.74) is 4.87. The SMILES string of the molecule is NC(CC(=O)N=O)C(=O)O. The van der Waals surface area contributed by atoms with E-state index in [1.807, 2.05) is 5.18 Å². The van der Waals surface area contributed by atoms with Gasteiger partial charge in [-0.05, 0) is 0 Å². The van der Waals surface area contributed by atoms with Gasteiger partial charge in [0.25, 0.3) is 5.91 Å². The van der Waals surface area contributed by atoms with Crippen molar-refractivity contribution in [3.8, 4) is 0 Å². The molecular formula is C4H6N2O4. The first-order valence-electron chi connectivity index (χ1n) is 2.42. The van der Waals surface area contributed by atoms with E-state index in [0.717, 1.165) is 0 Å². The first kappa shape index (κ1) is 8.70. The standard InChI is InChI=1S/C4H6N2O4/c5-2(4(8)9)1-3(7)6-10/h2H,1,5H2,(H,8,9). The van der Waals surface area contributed by atoms with Crippen LogP contribution in [-0.2, 0) is 9.59 Å². The third-order valence-electron chi connectivity index (χ3n) is 0.814. The van der Waals surface area contributed by atoms with Crippen LogP contribution < -0.4 is 5.73 Å². The Labute approximate surface area is 56.0 Å². The fourth-order valence-electron chi connectivity index (χ4n) is 0.313. The third-order valence-corrected chi connectivity index (χ3v) is 0.814. The number of carboxylic acids is 1. The molecule has 0 aromatic rings. The van der Waals surface area contributed by atoms with Crippen molar-refractivity contribution in [1.29, 1.82) is 0 Å². The van der Waals surface area contributed by atoms with E-state index in [0.29, 0.717) is 0 Å². The van der Waals surface area contributed by atoms with Crippen LogP contribution in [-0.4, -0.2) is 23.0 Å². The number of hydrogen-bond donors (Lipinski definition) is 2. The van der Waals surface area contributed by atoms with E-state index >= 15 is 0 Å². The van der Waals surface area contributed by atoms with Gasteiger partial charge >= 0.3 is 5.97 Å². The largest absolute Gasteiger partial charge is 0.480 e. The van der Waals surface area contributed by atoms with Crippen molar-refractivity contribution in [3.05, 3.63) is 4.91 Å². The van der Waals surface area contributed by atoms with Crippen molar-refractivity contribution in [1.82, 2.24) is 0 Å². The molecular weight excluding hydrogens is 140 g/mol. The Morgan fingerprint density at radius 1 is 1.60 bits per heavy atom. The van der Waals surface area contributed by atoms with Crippen LogP contribution >= 0.6 is 0 Å². The first-order valence-corrected chi connectivity index (χ1v) is 2.42. The molecule has 0 rings (SSSR count). The maximum absolute atomic E-state index is 10.1. The van der Waals surface area contributed by atoms with E-state index < -0.39 is 24.3 Å². The summed E-state index contributed by atoms with van der Waals surface area (Å²) in [6.07, 6.45) is -0.543. The summed E-state index contributed by atoms with van der Waals surface area (Å²) in [4.78, 5) is 29.4. The molecule has 0 bridgehead atoms. The van der Waals surface area contributed by atoms with E-state index in [9.17, 15) is 14.5 Å². The molecule has 0 heterocycles. The van der Waals surface area contributed by atoms with Gasteiger partial charge in [-0.15, -0.1) is 4.91 Å². The molecule has 0 saturated carbocycles. The van der Waals surface area contributed by atoms with E-state index in [-0.39, 0.29) is 0 Å². The number of hydrogen-bond acceptors (Lipinski definition) is 4. The molecule has 0 spiro atoms. The van der Waals surface area contributed by atoms with Gasteiger partial charge in [-0.2, -0.15) is 0 Å². The molecule has 0 aromatic heterocycles. The van der Waals surface area contributed by atoms with E-state index in [1.165, 1.54) is 0 Å². The lowest BCUT2D eigenvalue weighted by Crippen LogP contribution is -2.31. The lowest BCUT2D eigenvalue weighted by atomic mass is 10.2. The molecule has 56 valence electrons. The van der Waals surface area contributed by atoms with Crippen LogP contribution in [0.5, 0.6) is 0 Å². The number of nitrogens with zero attached hydrogens (tertiary/aromatic N) is 1. The van der Waals surface area contributed by atoms with Crippen molar-refractivity contribution in [2.45, 2.75) is 12.5 Å². The smallest absolute Gasteiger partial charge is 0.321 e. The van der Waals surface area contributed by atoms with Crippen molar-refractivity contribution in [3.63, 3.8) is 0 Å². The number of rotatable bonds is 3. The number of aliphatic carboxylic acids is 1. The molecule has 3 N–H and O–H groups in total. The number of amides is 1. The molecule has 1 amide bonds. The van der Waals surface area contributed by atoms with E-state index in [2.05, 4.69) is 0 Å². The average molecular weight is 146 g/mol. The zero-order valence-electron chi connectivity index (χ0n) is 4.98. The highest BCUT2D eigenvalue weighted by molar-refractivity contribution is 5.84. The molecule has 0 radical (unpaired) electrons. The van der Waals surface area contributed by atoms with Crippen LogP contribution in [0, 0.1) is 4.91 Å². The molecule has 0 aromatic carbocycles. The van der Waals surface area contributed by atoms with Gasteiger partial charge in [0.15, 0.2) is 0 Å². The molecule has 10 heavy (non-hydrogen) atoms. The number of carbonyl (C=O) groups excluding carboxylic acids is 1. The van der Waals surface area contributed by atoms with Gasteiger partial charge in [0.05, 0.1) is 6.42 Å². The van der Waals surface area contributed by atoms with Crippen LogP contribution in [0.25, 0.3) is 0 Å². The third kappa shape index (κ3) is 2.88. The van der Waals surface area contributed by atoms with Crippen molar-refractivity contribution in [2.75, 3.05) is 0 Å². The summed E-state index contributed by atoms with van der Waals surface area (Å²) < 4.78 is 0. The van der Waals surface area contributed by atoms with Crippen LogP contribution in [0.4, 0.5) is 0 Å². The molecule has 0 aliphatic heterocycles. The van der Waals surface area contributed by atoms with Crippen LogP contribution in [0.2, 0.25) is 0 Å². The van der Waals surface area contributed by atoms with Gasteiger partial charge in [0.2, 0.25) is 0 Å². The summed E-state index contributed by atoms with van der Waals surface area (Å²) in [6, 6.07) is -1.33. The lowest BCUT2D eigenvalue weighted by molar-refractivity contribution is -0.140. The van der Waals surface area contributed by atoms with Gasteiger partial charge in [0, 0.05) is 5.18 Å². The van der Waals surface area contributed by atoms with Crippen molar-refractivity contribution < 1.29 is 14.7 Å². The van der Waals surface area contributed by atoms with Crippen LogP contribution in [0.3, 0.4) is 0 Å². The molecule has 0 aliphatic carbocycles. The summed E-state index contributed by atoms with van der Waals surface area (Å²) in [7, 11) is 0. The maximum Gasteiger partial charge on any atom is 0.321 e. The predicted molar refractivity (Wildman–Crippen MR) is 31.0 cm³/mol. The topological polar surface area (TPSA) is 110 Å². The summed E-state index contributed by atoms with van der Waals surface area (Å²) in [5, 5.41) is 10.1. The number of carbonyl (C=O) groups is 2. The highest BCUT2D eigenvalue weighted by Crippen LogP contribution is 1.90. The van der Waals surface area contributed by atoms with Crippen molar-refractivity contribution >= 4 is 11.9 Å². The Morgan fingerprint density at radius 2 is 2.10 bits per heavy atom. The average Bonchev–Trinajstić information content (AvgIpc) is 1.87. The van der Waals surface area contributed by atoms with E-state index in [1.54, 1.807) is 0 Å². The second kappa shape index (κ2) is 3.67. The molecule has 0 saturated heterocycles. The number of nitrogens with two attached hydrogens (primary N) is 1. The maximum atomic E-state index is 10.1. The Bertz CT molecular complexity index is 167. The van der Waals surface area contributed by atoms with Gasteiger partial charge in [0.1, 0.15) is 6.04 Å². The van der Waals surface area contributed by atoms with Gasteiger partial charge < -0.3 is 10.8 Å². The quantitative estimate of drug-likeness (QED) is 0.500. The predicted octanol–water partition coefficient (Wildman–Crippen LogP) is -0.919. The Morgan fingerprint density at radius 3 is 2.40 bits per heavy atom. The minimum Gasteiger partial charge on any atom is -0.480 e. The molecule has 0 aliphatic rings. The van der Waals surface area contributed by atoms with Gasteiger partial charge in [-0.25, -0.2) is 0 Å². The lowest BCUT2D eigenvalue weighted by Gasteiger charge is -1.98. The fraction of sp³-hybridized carbons (Fsp3) is 0.500. The monoisotopic (exact) mass is 146 g/mol. The highest BCUT2D eigenvalue weighted by Gasteiger charge is 2.15. The fourth-order valence-corrected chi connectivity index (χ4v) is 0.313. The van der Waals surface area contributed by atoms with Gasteiger partial charge in [-0.1, -0.05) is 0 Å². The van der Waals surface area contributed by atoms with Crippen LogP contribution in [0.1, 0.15) is 6.42 Å². The summed E-state index contributed by atoms with van der Waals surface area (Å²) >= 11 is 0. The van der Waals surface area contributed by atoms with Crippen LogP contribution in [0.15, 0.2) is 5.18 Å². The molecule has 6 nitrogen and oxygen atoms in total. The van der Waals surface area contributed by atoms with Gasteiger partial charge in [-0.3, -0.25) is 9.59 Å². The van der Waals surface area contributed by atoms with Crippen molar-refractivity contribution in [2.24, 2.45) is 10.9 Å². The van der Waals surface area contributed by atoms with E-state index in [4.69, 9.17) is 10.8 Å². The Hall–Kier alpha value is -1.30. The Balaban J connectivity index is 3.79. The highest BCUT2D eigenvalue weighted by atomic mass is 16.4. The minimum absolute atomic E-state index is 0.543. The normalized spacial score (nSPS) is 12.1. The zero-order valence-corrected chi connectivity index (χ0v) is 4.98. The molecule has 0 fully saturated rings. The zero-order chi connectivity index (χ0) is 8.15. The summed E-state index contributed by atoms with van der Waals surface area (Å²) in [5.74, 6) is -2.37. The first-order chi connectivity index (χ1) is 4.57. The number of nitroso groups, excluding NO2 is 1. The Kier molecular flexibility index (Phi) is 3.20. The summed E-state index contributed by atoms with van der Waals surface area (Å²) in [6.45, 7) is 0. The molecule has 1 unspecified atom stereocenters. The second-order valence-corrected chi connectivity index (χ2v) is 1.63. The molecule has 1 atom stereocenters. The minimum atomic E-state index is -1.33. The number of carboxylic acid groups (broad SMARTS) is 1.